The van der Waals surface area contributed by atoms with Crippen molar-refractivity contribution in [2.75, 3.05) is 0 Å². The second-order valence-electron chi connectivity index (χ2n) is 6.64. The van der Waals surface area contributed by atoms with E-state index in [1.165, 1.54) is 27.4 Å². The lowest BCUT2D eigenvalue weighted by atomic mass is 10.1. The van der Waals surface area contributed by atoms with Crippen LogP contribution in [0.2, 0.25) is 0 Å². The molecule has 0 amide bonds. The lowest BCUT2D eigenvalue weighted by Gasteiger charge is -2.10. The molecule has 26 heavy (non-hydrogen) atoms. The van der Waals surface area contributed by atoms with Gasteiger partial charge in [0.2, 0.25) is 0 Å². The molecule has 124 valence electrons. The average Bonchev–Trinajstić information content (AvgIpc) is 3.03. The van der Waals surface area contributed by atoms with Gasteiger partial charge in [0.1, 0.15) is 0 Å². The van der Waals surface area contributed by atoms with Crippen molar-refractivity contribution >= 4 is 21.8 Å². The summed E-state index contributed by atoms with van der Waals surface area (Å²) in [6.07, 6.45) is 1.92. The molecule has 0 radical (unpaired) electrons. The second-order valence-corrected chi connectivity index (χ2v) is 6.64. The van der Waals surface area contributed by atoms with Gasteiger partial charge in [-0.05, 0) is 42.8 Å². The summed E-state index contributed by atoms with van der Waals surface area (Å²) in [7, 11) is 0. The number of para-hydroxylation sites is 2. The van der Waals surface area contributed by atoms with Crippen molar-refractivity contribution in [3.8, 4) is 16.9 Å². The third kappa shape index (κ3) is 2.31. The van der Waals surface area contributed by atoms with Gasteiger partial charge in [-0.3, -0.25) is 4.98 Å². The van der Waals surface area contributed by atoms with E-state index in [0.29, 0.717) is 0 Å². The zero-order valence-electron chi connectivity index (χ0n) is 14.6. The molecule has 0 atom stereocenters. The van der Waals surface area contributed by atoms with Crippen molar-refractivity contribution in [3.05, 3.63) is 96.7 Å². The van der Waals surface area contributed by atoms with Gasteiger partial charge in [-0.25, -0.2) is 0 Å². The van der Waals surface area contributed by atoms with Gasteiger partial charge in [-0.1, -0.05) is 54.6 Å². The van der Waals surface area contributed by atoms with Crippen LogP contribution >= 0.6 is 0 Å². The number of benzene rings is 3. The molecular formula is C24H18N2. The monoisotopic (exact) mass is 334 g/mol. The van der Waals surface area contributed by atoms with E-state index < -0.39 is 0 Å². The van der Waals surface area contributed by atoms with Crippen LogP contribution in [0.3, 0.4) is 0 Å². The molecule has 0 saturated carbocycles. The summed E-state index contributed by atoms with van der Waals surface area (Å²) in [5, 5.41) is 2.56. The van der Waals surface area contributed by atoms with E-state index in [1.807, 2.05) is 6.20 Å². The molecule has 0 bridgehead atoms. The van der Waals surface area contributed by atoms with Crippen molar-refractivity contribution in [1.29, 1.82) is 0 Å². The van der Waals surface area contributed by atoms with Crippen LogP contribution in [0.25, 0.3) is 38.8 Å². The van der Waals surface area contributed by atoms with Crippen LogP contribution in [-0.2, 0) is 0 Å². The summed E-state index contributed by atoms with van der Waals surface area (Å²) in [6, 6.07) is 30.0. The Balaban J connectivity index is 1.78. The van der Waals surface area contributed by atoms with Gasteiger partial charge in [0.15, 0.2) is 0 Å². The lowest BCUT2D eigenvalue weighted by Crippen LogP contribution is -1.94. The van der Waals surface area contributed by atoms with Gasteiger partial charge >= 0.3 is 0 Å². The summed E-state index contributed by atoms with van der Waals surface area (Å²) >= 11 is 0. The van der Waals surface area contributed by atoms with Crippen molar-refractivity contribution in [2.24, 2.45) is 0 Å². The van der Waals surface area contributed by atoms with Crippen molar-refractivity contribution in [1.82, 2.24) is 9.55 Å². The van der Waals surface area contributed by atoms with E-state index in [1.54, 1.807) is 0 Å². The number of aryl methyl sites for hydroxylation is 1. The Bertz CT molecular complexity index is 1180. The smallest absolute Gasteiger partial charge is 0.0702 e. The first-order valence-corrected chi connectivity index (χ1v) is 8.83. The molecule has 0 spiro atoms. The van der Waals surface area contributed by atoms with E-state index in [2.05, 4.69) is 101 Å². The fourth-order valence-electron chi connectivity index (χ4n) is 3.64. The largest absolute Gasteiger partial charge is 0.309 e. The number of rotatable bonds is 2. The number of pyridine rings is 1. The molecule has 0 saturated heterocycles. The van der Waals surface area contributed by atoms with Crippen LogP contribution in [0.15, 0.2) is 91.1 Å². The number of nitrogens with zero attached hydrogens (tertiary/aromatic N) is 2. The summed E-state index contributed by atoms with van der Waals surface area (Å²) < 4.78 is 2.34. The molecule has 2 heterocycles. The van der Waals surface area contributed by atoms with Gasteiger partial charge in [-0.2, -0.15) is 0 Å². The highest BCUT2D eigenvalue weighted by molar-refractivity contribution is 6.09. The molecule has 2 nitrogen and oxygen atoms in total. The average molecular weight is 334 g/mol. The number of hydrogen-bond donors (Lipinski definition) is 0. The second kappa shape index (κ2) is 5.85. The van der Waals surface area contributed by atoms with E-state index in [0.717, 1.165) is 16.9 Å². The maximum Gasteiger partial charge on any atom is 0.0702 e. The van der Waals surface area contributed by atoms with Crippen LogP contribution in [0.1, 0.15) is 5.56 Å². The molecule has 5 rings (SSSR count). The molecule has 3 aromatic carbocycles. The van der Waals surface area contributed by atoms with Crippen LogP contribution in [0.4, 0.5) is 0 Å². The quantitative estimate of drug-likeness (QED) is 0.378. The molecule has 0 N–H and O–H groups in total. The first-order valence-electron chi connectivity index (χ1n) is 8.83. The summed E-state index contributed by atoms with van der Waals surface area (Å²) in [5.41, 5.74) is 6.91. The Kier molecular flexibility index (Phi) is 3.36. The summed E-state index contributed by atoms with van der Waals surface area (Å²) in [6.45, 7) is 2.06. The SMILES string of the molecule is Cc1ccc(-c2cccc(-n3c4ccccc4c4ccccc43)c2)nc1. The normalized spacial score (nSPS) is 11.3. The van der Waals surface area contributed by atoms with E-state index in [9.17, 15) is 0 Å². The number of aromatic nitrogens is 2. The highest BCUT2D eigenvalue weighted by atomic mass is 15.0. The Hall–Kier alpha value is -3.39. The Morgan fingerprint density at radius 3 is 2.04 bits per heavy atom. The first kappa shape index (κ1) is 14.9. The van der Waals surface area contributed by atoms with Gasteiger partial charge in [0, 0.05) is 28.2 Å². The summed E-state index contributed by atoms with van der Waals surface area (Å²) in [4.78, 5) is 4.59. The van der Waals surface area contributed by atoms with E-state index in [4.69, 9.17) is 0 Å². The minimum atomic E-state index is 0.998. The van der Waals surface area contributed by atoms with Crippen molar-refractivity contribution in [3.63, 3.8) is 0 Å². The topological polar surface area (TPSA) is 17.8 Å². The zero-order chi connectivity index (χ0) is 17.5. The van der Waals surface area contributed by atoms with Gasteiger partial charge in [0.25, 0.3) is 0 Å². The Morgan fingerprint density at radius 2 is 1.38 bits per heavy atom. The molecule has 0 aliphatic rings. The fraction of sp³-hybridized carbons (Fsp3) is 0.0417. The molecule has 0 aliphatic carbocycles. The zero-order valence-corrected chi connectivity index (χ0v) is 14.6. The van der Waals surface area contributed by atoms with Crippen molar-refractivity contribution < 1.29 is 0 Å². The molecule has 2 heteroatoms. The maximum absolute atomic E-state index is 4.59. The third-order valence-corrected chi connectivity index (χ3v) is 4.89. The predicted molar refractivity (Wildman–Crippen MR) is 109 cm³/mol. The standard InChI is InChI=1S/C24H18N2/c1-17-13-14-22(25-16-17)18-7-6-8-19(15-18)26-23-11-4-2-9-20(23)21-10-3-5-12-24(21)26/h2-16H,1H3. The highest BCUT2D eigenvalue weighted by Gasteiger charge is 2.11. The summed E-state index contributed by atoms with van der Waals surface area (Å²) in [5.74, 6) is 0. The fourth-order valence-corrected chi connectivity index (χ4v) is 3.64. The Labute approximate surface area is 152 Å². The van der Waals surface area contributed by atoms with Crippen LogP contribution in [0.5, 0.6) is 0 Å². The van der Waals surface area contributed by atoms with Crippen LogP contribution in [0, 0.1) is 6.92 Å². The minimum absolute atomic E-state index is 0.998. The van der Waals surface area contributed by atoms with Gasteiger partial charge in [0.05, 0.1) is 16.7 Å². The molecule has 2 aromatic heterocycles. The Morgan fingerprint density at radius 1 is 0.692 bits per heavy atom. The number of fused-ring (bicyclic) bond motifs is 3. The maximum atomic E-state index is 4.59. The molecule has 0 fully saturated rings. The molecular weight excluding hydrogens is 316 g/mol. The lowest BCUT2D eigenvalue weighted by molar-refractivity contribution is 1.18. The highest BCUT2D eigenvalue weighted by Crippen LogP contribution is 2.32. The van der Waals surface area contributed by atoms with Gasteiger partial charge < -0.3 is 4.57 Å². The van der Waals surface area contributed by atoms with Crippen LogP contribution < -0.4 is 0 Å². The van der Waals surface area contributed by atoms with E-state index in [-0.39, 0.29) is 0 Å². The predicted octanol–water partition coefficient (Wildman–Crippen LogP) is 6.15. The third-order valence-electron chi connectivity index (χ3n) is 4.89. The molecule has 0 unspecified atom stereocenters. The van der Waals surface area contributed by atoms with Crippen molar-refractivity contribution in [2.45, 2.75) is 6.92 Å². The molecule has 5 aromatic rings. The number of hydrogen-bond acceptors (Lipinski definition) is 1. The van der Waals surface area contributed by atoms with Crippen LogP contribution in [-0.4, -0.2) is 9.55 Å². The van der Waals surface area contributed by atoms with Gasteiger partial charge in [-0.15, -0.1) is 0 Å². The first-order chi connectivity index (χ1) is 12.8. The molecule has 0 aliphatic heterocycles. The van der Waals surface area contributed by atoms with E-state index >= 15 is 0 Å². The minimum Gasteiger partial charge on any atom is -0.309 e.